The zero-order valence-electron chi connectivity index (χ0n) is 17.7. The van der Waals surface area contributed by atoms with E-state index in [-0.39, 0.29) is 0 Å². The molecular weight excluding hydrogens is 450 g/mol. The van der Waals surface area contributed by atoms with E-state index in [4.69, 9.17) is 16.9 Å². The number of alkyl halides is 2. The third-order valence-corrected chi connectivity index (χ3v) is 6.19. The van der Waals surface area contributed by atoms with E-state index in [2.05, 4.69) is 10.3 Å². The Labute approximate surface area is 194 Å². The first-order chi connectivity index (χ1) is 15.8. The van der Waals surface area contributed by atoms with Crippen LogP contribution in [-0.4, -0.2) is 46.8 Å². The van der Waals surface area contributed by atoms with Gasteiger partial charge >= 0.3 is 0 Å². The van der Waals surface area contributed by atoms with Crippen LogP contribution in [0.15, 0.2) is 42.7 Å². The monoisotopic (exact) mass is 470 g/mol. The van der Waals surface area contributed by atoms with Gasteiger partial charge in [-0.3, -0.25) is 14.6 Å². The normalized spacial score (nSPS) is 19.5. The lowest BCUT2D eigenvalue weighted by molar-refractivity contribution is -0.131. The fraction of sp³-hybridized carbons (Fsp3) is 0.333. The van der Waals surface area contributed by atoms with E-state index in [0.29, 0.717) is 16.1 Å². The maximum atomic E-state index is 13.6. The van der Waals surface area contributed by atoms with Gasteiger partial charge in [-0.25, -0.2) is 8.78 Å². The molecule has 4 rings (SSSR count). The Bertz CT molecular complexity index is 1160. The topological polar surface area (TPSA) is 86.1 Å². The molecule has 1 aliphatic carbocycles. The van der Waals surface area contributed by atoms with E-state index in [1.165, 1.54) is 6.20 Å². The summed E-state index contributed by atoms with van der Waals surface area (Å²) in [4.78, 5) is 30.4. The van der Waals surface area contributed by atoms with E-state index in [1.807, 2.05) is 24.3 Å². The maximum Gasteiger partial charge on any atom is 0.268 e. The Hall–Kier alpha value is -3.31. The van der Waals surface area contributed by atoms with Crippen LogP contribution in [-0.2, 0) is 4.79 Å². The average molecular weight is 471 g/mol. The van der Waals surface area contributed by atoms with Gasteiger partial charge in [-0.15, -0.1) is 0 Å². The molecule has 1 aromatic heterocycles. The number of carbonyl (C=O) groups excluding carboxylic acids is 2. The van der Waals surface area contributed by atoms with Gasteiger partial charge in [-0.1, -0.05) is 23.7 Å². The number of nitriles is 1. The molecule has 1 aliphatic heterocycles. The summed E-state index contributed by atoms with van der Waals surface area (Å²) in [5.74, 6) is -4.33. The van der Waals surface area contributed by atoms with Gasteiger partial charge in [0.25, 0.3) is 11.8 Å². The van der Waals surface area contributed by atoms with Gasteiger partial charge < -0.3 is 10.2 Å². The number of hydrogen-bond donors (Lipinski definition) is 1. The van der Waals surface area contributed by atoms with Gasteiger partial charge in [0.05, 0.1) is 19.2 Å². The number of likely N-dealkylation sites (tertiary alicyclic amines) is 1. The fourth-order valence-electron chi connectivity index (χ4n) is 4.39. The van der Waals surface area contributed by atoms with Gasteiger partial charge in [0.2, 0.25) is 5.91 Å². The Morgan fingerprint density at radius 3 is 2.67 bits per heavy atom. The highest BCUT2D eigenvalue weighted by molar-refractivity contribution is 6.30. The largest absolute Gasteiger partial charge is 0.343 e. The molecule has 1 atom stereocenters. The smallest absolute Gasteiger partial charge is 0.268 e. The first-order valence-electron chi connectivity index (χ1n) is 10.6. The van der Waals surface area contributed by atoms with Crippen LogP contribution in [0.4, 0.5) is 8.78 Å². The van der Waals surface area contributed by atoms with Crippen LogP contribution in [0.1, 0.15) is 47.2 Å². The summed E-state index contributed by atoms with van der Waals surface area (Å²) < 4.78 is 27.3. The van der Waals surface area contributed by atoms with Crippen LogP contribution in [0.25, 0.3) is 11.1 Å². The second kappa shape index (κ2) is 9.28. The standard InChI is InChI=1S/C24H21ClF2N4O2/c25-16-6-4-15(5-7-16)18-2-1-3-19(18)21-12-29-9-8-20(21)23(33)30-13-22(32)31-14-24(26,27)10-17(31)11-28/h4-9,12,17H,1-3,10,13-14H2,(H,30,33)/t17-/m0/s1. The summed E-state index contributed by atoms with van der Waals surface area (Å²) in [6, 6.07) is 9.61. The highest BCUT2D eigenvalue weighted by Crippen LogP contribution is 2.40. The second-order valence-corrected chi connectivity index (χ2v) is 8.58. The highest BCUT2D eigenvalue weighted by Gasteiger charge is 2.47. The van der Waals surface area contributed by atoms with Crippen LogP contribution in [0.5, 0.6) is 0 Å². The van der Waals surface area contributed by atoms with Crippen LogP contribution in [0.2, 0.25) is 5.02 Å². The molecule has 0 spiro atoms. The van der Waals surface area contributed by atoms with Gasteiger partial charge in [0.15, 0.2) is 0 Å². The Morgan fingerprint density at radius 2 is 1.94 bits per heavy atom. The van der Waals surface area contributed by atoms with E-state index in [9.17, 15) is 18.4 Å². The summed E-state index contributed by atoms with van der Waals surface area (Å²) in [5.41, 5.74) is 4.17. The van der Waals surface area contributed by atoms with Crippen LogP contribution in [0.3, 0.4) is 0 Å². The number of allylic oxidation sites excluding steroid dienone is 2. The van der Waals surface area contributed by atoms with Crippen molar-refractivity contribution in [2.45, 2.75) is 37.6 Å². The van der Waals surface area contributed by atoms with Crippen LogP contribution >= 0.6 is 11.6 Å². The number of carbonyl (C=O) groups is 2. The van der Waals surface area contributed by atoms with Crippen molar-refractivity contribution in [3.8, 4) is 6.07 Å². The molecule has 1 fully saturated rings. The first kappa shape index (κ1) is 22.9. The lowest BCUT2D eigenvalue weighted by Crippen LogP contribution is -2.43. The number of aromatic nitrogens is 1. The Kier molecular flexibility index (Phi) is 6.43. The molecule has 170 valence electrons. The van der Waals surface area contributed by atoms with Crippen molar-refractivity contribution < 1.29 is 18.4 Å². The number of nitrogens with one attached hydrogen (secondary N) is 1. The molecule has 0 bridgehead atoms. The molecule has 9 heteroatoms. The second-order valence-electron chi connectivity index (χ2n) is 8.15. The SMILES string of the molecule is N#C[C@@H]1CC(F)(F)CN1C(=O)CNC(=O)c1ccncc1C1=C(c2ccc(Cl)cc2)CCC1. The molecule has 2 heterocycles. The van der Waals surface area contributed by atoms with Crippen molar-refractivity contribution in [2.75, 3.05) is 13.1 Å². The van der Waals surface area contributed by atoms with Crippen molar-refractivity contribution in [1.29, 1.82) is 5.26 Å². The third kappa shape index (κ3) is 4.88. The molecule has 2 aromatic rings. The van der Waals surface area contributed by atoms with E-state index < -0.39 is 43.3 Å². The zero-order chi connectivity index (χ0) is 23.6. The average Bonchev–Trinajstić information content (AvgIpc) is 3.41. The van der Waals surface area contributed by atoms with Crippen molar-refractivity contribution in [2.24, 2.45) is 0 Å². The Balaban J connectivity index is 1.53. The molecule has 0 saturated carbocycles. The van der Waals surface area contributed by atoms with E-state index >= 15 is 0 Å². The number of hydrogen-bond acceptors (Lipinski definition) is 4. The fourth-order valence-corrected chi connectivity index (χ4v) is 4.52. The molecular formula is C24H21ClF2N4O2. The minimum Gasteiger partial charge on any atom is -0.343 e. The van der Waals surface area contributed by atoms with Gasteiger partial charge in [0.1, 0.15) is 6.04 Å². The summed E-state index contributed by atoms with van der Waals surface area (Å²) in [7, 11) is 0. The first-order valence-corrected chi connectivity index (χ1v) is 10.9. The van der Waals surface area contributed by atoms with Gasteiger partial charge in [0, 0.05) is 35.0 Å². The summed E-state index contributed by atoms with van der Waals surface area (Å²) in [6.45, 7) is -1.30. The number of pyridine rings is 1. The van der Waals surface area contributed by atoms with Crippen molar-refractivity contribution in [1.82, 2.24) is 15.2 Å². The number of halogens is 3. The maximum absolute atomic E-state index is 13.6. The van der Waals surface area contributed by atoms with Gasteiger partial charge in [-0.05, 0) is 54.2 Å². The molecule has 6 nitrogen and oxygen atoms in total. The highest BCUT2D eigenvalue weighted by atomic mass is 35.5. The molecule has 1 aromatic carbocycles. The predicted octanol–water partition coefficient (Wildman–Crippen LogP) is 4.32. The molecule has 1 N–H and O–H groups in total. The minimum absolute atomic E-state index is 0.352. The van der Waals surface area contributed by atoms with Crippen molar-refractivity contribution in [3.63, 3.8) is 0 Å². The molecule has 33 heavy (non-hydrogen) atoms. The van der Waals surface area contributed by atoms with Crippen molar-refractivity contribution >= 4 is 34.6 Å². The van der Waals surface area contributed by atoms with Crippen LogP contribution < -0.4 is 5.32 Å². The van der Waals surface area contributed by atoms with Crippen molar-refractivity contribution in [3.05, 3.63) is 64.4 Å². The molecule has 2 amide bonds. The number of nitrogens with zero attached hydrogens (tertiary/aromatic N) is 3. The quantitative estimate of drug-likeness (QED) is 0.705. The summed E-state index contributed by atoms with van der Waals surface area (Å²) in [5, 5.41) is 12.2. The molecule has 0 radical (unpaired) electrons. The summed E-state index contributed by atoms with van der Waals surface area (Å²) in [6.07, 6.45) is 4.98. The number of benzene rings is 1. The van der Waals surface area contributed by atoms with E-state index in [1.54, 1.807) is 18.3 Å². The Morgan fingerprint density at radius 1 is 1.21 bits per heavy atom. The van der Waals surface area contributed by atoms with E-state index in [0.717, 1.165) is 40.9 Å². The predicted molar refractivity (Wildman–Crippen MR) is 119 cm³/mol. The summed E-state index contributed by atoms with van der Waals surface area (Å²) >= 11 is 6.01. The zero-order valence-corrected chi connectivity index (χ0v) is 18.4. The minimum atomic E-state index is -3.11. The number of rotatable bonds is 5. The van der Waals surface area contributed by atoms with Crippen LogP contribution in [0, 0.1) is 11.3 Å². The molecule has 2 aliphatic rings. The lowest BCUT2D eigenvalue weighted by Gasteiger charge is -2.19. The van der Waals surface area contributed by atoms with Gasteiger partial charge in [-0.2, -0.15) is 5.26 Å². The molecule has 0 unspecified atom stereocenters. The molecule has 1 saturated heterocycles. The number of amides is 2. The third-order valence-electron chi connectivity index (χ3n) is 5.94. The lowest BCUT2D eigenvalue weighted by atomic mass is 9.95.